The third kappa shape index (κ3) is 5.10. The van der Waals surface area contributed by atoms with Crippen LogP contribution in [0.4, 0.5) is 0 Å². The molecule has 0 bridgehead atoms. The van der Waals surface area contributed by atoms with Crippen LogP contribution in [0.15, 0.2) is 76.4 Å². The maximum atomic E-state index is 13.0. The van der Waals surface area contributed by atoms with Gasteiger partial charge < -0.3 is 10.2 Å². The average Bonchev–Trinajstić information content (AvgIpc) is 2.86. The number of aromatic nitrogens is 4. The quantitative estimate of drug-likeness (QED) is 0.428. The van der Waals surface area contributed by atoms with E-state index in [4.69, 9.17) is 0 Å². The second-order valence-electron chi connectivity index (χ2n) is 8.10. The van der Waals surface area contributed by atoms with Crippen LogP contribution in [0, 0.1) is 0 Å². The summed E-state index contributed by atoms with van der Waals surface area (Å²) in [7, 11) is 3.49. The molecular formula is C25H26N6O3. The molecule has 174 valence electrons. The highest BCUT2D eigenvalue weighted by Gasteiger charge is 2.16. The number of likely N-dealkylation sites (N-methyl/N-ethyl adjacent to an activating group) is 1. The number of carbonyl (C=O) groups excluding carboxylic acids is 1. The molecule has 2 aromatic heterocycles. The molecule has 0 fully saturated rings. The van der Waals surface area contributed by atoms with Gasteiger partial charge in [-0.25, -0.2) is 14.8 Å². The number of amides is 1. The molecule has 0 aliphatic rings. The van der Waals surface area contributed by atoms with Gasteiger partial charge in [-0.15, -0.1) is 0 Å². The number of hydrogen-bond donors (Lipinski definition) is 1. The molecule has 1 amide bonds. The molecule has 0 aliphatic heterocycles. The molecule has 9 nitrogen and oxygen atoms in total. The van der Waals surface area contributed by atoms with Gasteiger partial charge in [0.2, 0.25) is 5.91 Å². The van der Waals surface area contributed by atoms with Crippen LogP contribution in [0.1, 0.15) is 5.56 Å². The van der Waals surface area contributed by atoms with Crippen LogP contribution in [-0.4, -0.2) is 50.0 Å². The first kappa shape index (κ1) is 23.1. The Bertz CT molecular complexity index is 1410. The van der Waals surface area contributed by atoms with E-state index in [2.05, 4.69) is 20.2 Å². The van der Waals surface area contributed by atoms with Crippen LogP contribution in [0.25, 0.3) is 22.4 Å². The monoisotopic (exact) mass is 458 g/mol. The van der Waals surface area contributed by atoms with Gasteiger partial charge in [0.25, 0.3) is 5.56 Å². The van der Waals surface area contributed by atoms with Crippen molar-refractivity contribution in [1.29, 1.82) is 0 Å². The largest absolute Gasteiger partial charge is 0.353 e. The third-order valence-corrected chi connectivity index (χ3v) is 5.52. The maximum Gasteiger partial charge on any atom is 0.332 e. The summed E-state index contributed by atoms with van der Waals surface area (Å²) in [5, 5.41) is 2.96. The van der Waals surface area contributed by atoms with Gasteiger partial charge in [0, 0.05) is 38.4 Å². The molecule has 4 rings (SSSR count). The number of benzene rings is 2. The van der Waals surface area contributed by atoms with Crippen LogP contribution in [0.2, 0.25) is 0 Å². The molecule has 0 radical (unpaired) electrons. The summed E-state index contributed by atoms with van der Waals surface area (Å²) in [6.07, 6.45) is 1.40. The first-order chi connectivity index (χ1) is 16.4. The maximum absolute atomic E-state index is 13.0. The van der Waals surface area contributed by atoms with Gasteiger partial charge in [-0.2, -0.15) is 0 Å². The number of nitrogens with zero attached hydrogens (tertiary/aromatic N) is 5. The summed E-state index contributed by atoms with van der Waals surface area (Å²) in [5.74, 6) is 0.00565. The minimum atomic E-state index is -0.605. The van der Waals surface area contributed by atoms with Gasteiger partial charge in [0.1, 0.15) is 11.9 Å². The van der Waals surface area contributed by atoms with Gasteiger partial charge in [0.05, 0.1) is 0 Å². The summed E-state index contributed by atoms with van der Waals surface area (Å²) in [6.45, 7) is 1.41. The first-order valence-electron chi connectivity index (χ1n) is 10.9. The van der Waals surface area contributed by atoms with E-state index in [0.717, 1.165) is 16.7 Å². The lowest BCUT2D eigenvalue weighted by atomic mass is 10.2. The van der Waals surface area contributed by atoms with Gasteiger partial charge >= 0.3 is 5.69 Å². The normalized spacial score (nSPS) is 11.1. The zero-order chi connectivity index (χ0) is 24.1. The number of aryl methyl sites for hydroxylation is 1. The molecule has 0 saturated heterocycles. The van der Waals surface area contributed by atoms with Crippen molar-refractivity contribution in [2.75, 3.05) is 20.1 Å². The van der Waals surface area contributed by atoms with E-state index in [1.807, 2.05) is 67.7 Å². The number of carbonyl (C=O) groups is 1. The molecule has 0 aliphatic carbocycles. The molecule has 1 N–H and O–H groups in total. The van der Waals surface area contributed by atoms with E-state index >= 15 is 0 Å². The van der Waals surface area contributed by atoms with E-state index < -0.39 is 17.2 Å². The molecule has 34 heavy (non-hydrogen) atoms. The Morgan fingerprint density at radius 1 is 1.03 bits per heavy atom. The molecule has 0 unspecified atom stereocenters. The zero-order valence-corrected chi connectivity index (χ0v) is 19.1. The number of hydrogen-bond acceptors (Lipinski definition) is 6. The van der Waals surface area contributed by atoms with Gasteiger partial charge in [-0.05, 0) is 12.6 Å². The van der Waals surface area contributed by atoms with E-state index in [0.29, 0.717) is 18.9 Å². The second-order valence-corrected chi connectivity index (χ2v) is 8.10. The Hall–Kier alpha value is -4.11. The lowest BCUT2D eigenvalue weighted by Gasteiger charge is -2.17. The summed E-state index contributed by atoms with van der Waals surface area (Å²) >= 11 is 0. The van der Waals surface area contributed by atoms with Crippen molar-refractivity contribution in [2.24, 2.45) is 7.05 Å². The molecule has 4 aromatic rings. The summed E-state index contributed by atoms with van der Waals surface area (Å²) in [5.41, 5.74) is 0.987. The van der Waals surface area contributed by atoms with Gasteiger partial charge in [-0.3, -0.25) is 18.7 Å². The van der Waals surface area contributed by atoms with Gasteiger partial charge in [-0.1, -0.05) is 60.7 Å². The SMILES string of the molecule is CN(CCNC(=O)Cn1c(=O)c2cnc(-c3ccccc3)nc2n(C)c1=O)Cc1ccccc1. The van der Waals surface area contributed by atoms with Crippen molar-refractivity contribution >= 4 is 16.9 Å². The molecule has 9 heteroatoms. The van der Waals surface area contributed by atoms with Crippen molar-refractivity contribution in [3.05, 3.63) is 93.3 Å². The average molecular weight is 459 g/mol. The van der Waals surface area contributed by atoms with E-state index in [9.17, 15) is 14.4 Å². The van der Waals surface area contributed by atoms with Crippen molar-refractivity contribution in [2.45, 2.75) is 13.1 Å². The highest BCUT2D eigenvalue weighted by Crippen LogP contribution is 2.15. The molecular weight excluding hydrogens is 432 g/mol. The van der Waals surface area contributed by atoms with Crippen molar-refractivity contribution in [3.8, 4) is 11.4 Å². The molecule has 2 aromatic carbocycles. The topological polar surface area (TPSA) is 102 Å². The highest BCUT2D eigenvalue weighted by atomic mass is 16.2. The smallest absolute Gasteiger partial charge is 0.332 e. The van der Waals surface area contributed by atoms with Crippen LogP contribution in [-0.2, 0) is 24.9 Å². The fourth-order valence-corrected chi connectivity index (χ4v) is 3.71. The predicted octanol–water partition coefficient (Wildman–Crippen LogP) is 1.41. The van der Waals surface area contributed by atoms with Crippen LogP contribution >= 0.6 is 0 Å². The fourth-order valence-electron chi connectivity index (χ4n) is 3.71. The Morgan fingerprint density at radius 3 is 2.41 bits per heavy atom. The lowest BCUT2D eigenvalue weighted by molar-refractivity contribution is -0.121. The molecule has 2 heterocycles. The Balaban J connectivity index is 1.46. The van der Waals surface area contributed by atoms with Crippen molar-refractivity contribution in [3.63, 3.8) is 0 Å². The summed E-state index contributed by atoms with van der Waals surface area (Å²) < 4.78 is 2.18. The molecule has 0 spiro atoms. The summed E-state index contributed by atoms with van der Waals surface area (Å²) in [6, 6.07) is 19.3. The fraction of sp³-hybridized carbons (Fsp3) is 0.240. The standard InChI is InChI=1S/C25H26N6O3/c1-29(16-18-9-5-3-6-10-18)14-13-26-21(32)17-31-24(33)20-15-27-22(19-11-7-4-8-12-19)28-23(20)30(2)25(31)34/h3-12,15H,13-14,16-17H2,1-2H3,(H,26,32). The van der Waals surface area contributed by atoms with Gasteiger partial charge in [0.15, 0.2) is 11.5 Å². The Labute approximate surface area is 196 Å². The summed E-state index contributed by atoms with van der Waals surface area (Å²) in [4.78, 5) is 49.1. The number of fused-ring (bicyclic) bond motifs is 1. The Morgan fingerprint density at radius 2 is 1.71 bits per heavy atom. The van der Waals surface area contributed by atoms with Crippen LogP contribution < -0.4 is 16.6 Å². The minimum absolute atomic E-state index is 0.178. The van der Waals surface area contributed by atoms with E-state index in [1.165, 1.54) is 23.4 Å². The van der Waals surface area contributed by atoms with Crippen molar-refractivity contribution < 1.29 is 4.79 Å². The zero-order valence-electron chi connectivity index (χ0n) is 19.1. The number of nitrogens with one attached hydrogen (secondary N) is 1. The minimum Gasteiger partial charge on any atom is -0.353 e. The van der Waals surface area contributed by atoms with E-state index in [-0.39, 0.29) is 17.6 Å². The molecule has 0 saturated carbocycles. The van der Waals surface area contributed by atoms with Crippen molar-refractivity contribution in [1.82, 2.24) is 29.3 Å². The molecule has 0 atom stereocenters. The highest BCUT2D eigenvalue weighted by molar-refractivity contribution is 5.78. The predicted molar refractivity (Wildman–Crippen MR) is 130 cm³/mol. The third-order valence-electron chi connectivity index (χ3n) is 5.52. The van der Waals surface area contributed by atoms with E-state index in [1.54, 1.807) is 0 Å². The Kier molecular flexibility index (Phi) is 6.93. The van der Waals surface area contributed by atoms with Crippen LogP contribution in [0.3, 0.4) is 0 Å². The van der Waals surface area contributed by atoms with Crippen LogP contribution in [0.5, 0.6) is 0 Å². The first-order valence-corrected chi connectivity index (χ1v) is 10.9. The number of rotatable bonds is 8. The second kappa shape index (κ2) is 10.2. The lowest BCUT2D eigenvalue weighted by Crippen LogP contribution is -2.44.